The lowest BCUT2D eigenvalue weighted by molar-refractivity contribution is -0.387. The van der Waals surface area contributed by atoms with Crippen molar-refractivity contribution >= 4 is 17.3 Å². The minimum absolute atomic E-state index is 0.122. The van der Waals surface area contributed by atoms with Gasteiger partial charge in [0.2, 0.25) is 5.82 Å². The van der Waals surface area contributed by atoms with Crippen molar-refractivity contribution in [1.29, 1.82) is 0 Å². The molecule has 144 valence electrons. The maximum absolute atomic E-state index is 13.4. The highest BCUT2D eigenvalue weighted by Gasteiger charge is 2.16. The summed E-state index contributed by atoms with van der Waals surface area (Å²) in [6.07, 6.45) is 0. The third-order valence-electron chi connectivity index (χ3n) is 4.08. The van der Waals surface area contributed by atoms with E-state index in [1.165, 1.54) is 6.07 Å². The number of nitrogens with one attached hydrogen (secondary N) is 1. The summed E-state index contributed by atoms with van der Waals surface area (Å²) < 4.78 is 24.1. The number of hydrogen-bond acceptors (Lipinski definition) is 6. The van der Waals surface area contributed by atoms with Crippen LogP contribution in [0.25, 0.3) is 0 Å². The molecule has 0 atom stereocenters. The number of benzene rings is 2. The number of rotatable bonds is 6. The average Bonchev–Trinajstić information content (AvgIpc) is 2.99. The molecule has 0 radical (unpaired) electrons. The molecule has 0 spiro atoms. The van der Waals surface area contributed by atoms with E-state index in [0.29, 0.717) is 17.1 Å². The van der Waals surface area contributed by atoms with Crippen LogP contribution >= 0.6 is 0 Å². The van der Waals surface area contributed by atoms with Gasteiger partial charge in [-0.25, -0.2) is 0 Å². The monoisotopic (exact) mass is 385 g/mol. The van der Waals surface area contributed by atoms with E-state index < -0.39 is 22.3 Å². The zero-order chi connectivity index (χ0) is 20.3. The molecule has 0 fully saturated rings. The zero-order valence-electron chi connectivity index (χ0n) is 15.1. The summed E-state index contributed by atoms with van der Waals surface area (Å²) in [5, 5.41) is 17.1. The minimum Gasteiger partial charge on any atom is -0.489 e. The van der Waals surface area contributed by atoms with E-state index in [9.17, 15) is 19.3 Å². The van der Waals surface area contributed by atoms with Gasteiger partial charge in [0.1, 0.15) is 18.1 Å². The second-order valence-electron chi connectivity index (χ2n) is 5.99. The van der Waals surface area contributed by atoms with Crippen LogP contribution in [0.3, 0.4) is 0 Å². The lowest BCUT2D eigenvalue weighted by atomic mass is 10.2. The molecule has 0 aliphatic heterocycles. The Kier molecular flexibility index (Phi) is 5.35. The van der Waals surface area contributed by atoms with Crippen molar-refractivity contribution in [3.8, 4) is 5.75 Å². The molecule has 0 aliphatic rings. The molecular weight excluding hydrogens is 369 g/mol. The van der Waals surface area contributed by atoms with E-state index in [1.807, 2.05) is 6.92 Å². The van der Waals surface area contributed by atoms with Crippen molar-refractivity contribution in [3.63, 3.8) is 0 Å². The zero-order valence-corrected chi connectivity index (χ0v) is 15.1. The van der Waals surface area contributed by atoms with Gasteiger partial charge in [0.15, 0.2) is 0 Å². The maximum Gasteiger partial charge on any atom is 0.306 e. The predicted molar refractivity (Wildman–Crippen MR) is 97.8 cm³/mol. The Labute approximate surface area is 159 Å². The van der Waals surface area contributed by atoms with E-state index >= 15 is 0 Å². The van der Waals surface area contributed by atoms with E-state index in [1.54, 1.807) is 31.2 Å². The van der Waals surface area contributed by atoms with E-state index in [4.69, 9.17) is 9.26 Å². The predicted octanol–water partition coefficient (Wildman–Crippen LogP) is 4.17. The second kappa shape index (κ2) is 7.87. The van der Waals surface area contributed by atoms with Gasteiger partial charge in [-0.05, 0) is 50.2 Å². The molecule has 0 saturated carbocycles. The largest absolute Gasteiger partial charge is 0.489 e. The number of nitro groups is 1. The Morgan fingerprint density at radius 1 is 1.25 bits per heavy atom. The number of anilines is 1. The summed E-state index contributed by atoms with van der Waals surface area (Å²) in [5.74, 6) is -0.225. The fraction of sp³-hybridized carbons (Fsp3) is 0.158. The van der Waals surface area contributed by atoms with Gasteiger partial charge in [0.25, 0.3) is 5.91 Å². The highest BCUT2D eigenvalue weighted by Crippen LogP contribution is 2.23. The summed E-state index contributed by atoms with van der Waals surface area (Å²) in [6, 6.07) is 9.50. The van der Waals surface area contributed by atoms with Crippen molar-refractivity contribution in [2.24, 2.45) is 0 Å². The number of nitro benzene ring substituents is 1. The number of carbonyl (C=O) groups excluding carboxylic acids is 1. The maximum atomic E-state index is 13.4. The van der Waals surface area contributed by atoms with Gasteiger partial charge in [-0.3, -0.25) is 14.9 Å². The number of aryl methyl sites for hydroxylation is 2. The first kappa shape index (κ1) is 19.0. The number of amides is 1. The van der Waals surface area contributed by atoms with Crippen LogP contribution in [0.5, 0.6) is 5.75 Å². The Morgan fingerprint density at radius 3 is 2.57 bits per heavy atom. The van der Waals surface area contributed by atoms with Crippen LogP contribution in [0.2, 0.25) is 0 Å². The first-order chi connectivity index (χ1) is 13.3. The van der Waals surface area contributed by atoms with Crippen molar-refractivity contribution in [2.75, 3.05) is 5.32 Å². The molecule has 0 aliphatic carbocycles. The van der Waals surface area contributed by atoms with Gasteiger partial charge < -0.3 is 14.6 Å². The first-order valence-corrected chi connectivity index (χ1v) is 8.25. The summed E-state index contributed by atoms with van der Waals surface area (Å²) in [5.41, 5.74) is 1.34. The molecule has 1 N–H and O–H groups in total. The molecule has 1 aromatic heterocycles. The Bertz CT molecular complexity index is 1010. The Balaban J connectivity index is 1.65. The van der Waals surface area contributed by atoms with Crippen molar-refractivity contribution in [3.05, 3.63) is 81.0 Å². The molecule has 0 bridgehead atoms. The van der Waals surface area contributed by atoms with E-state index in [0.717, 1.165) is 23.4 Å². The lowest BCUT2D eigenvalue weighted by Gasteiger charge is -2.08. The second-order valence-corrected chi connectivity index (χ2v) is 5.99. The summed E-state index contributed by atoms with van der Waals surface area (Å²) in [7, 11) is 0. The normalized spacial score (nSPS) is 10.5. The SMILES string of the molecule is Cc1noc(C)c1COc1ccc(C(=O)Nc2ccc(F)c([N+](=O)[O-])c2)cc1. The van der Waals surface area contributed by atoms with Crippen LogP contribution < -0.4 is 10.1 Å². The van der Waals surface area contributed by atoms with E-state index in [2.05, 4.69) is 10.5 Å². The molecule has 1 heterocycles. The third kappa shape index (κ3) is 4.14. The van der Waals surface area contributed by atoms with Crippen molar-refractivity contribution in [1.82, 2.24) is 5.16 Å². The van der Waals surface area contributed by atoms with Crippen LogP contribution in [0.4, 0.5) is 15.8 Å². The number of ether oxygens (including phenoxy) is 1. The van der Waals surface area contributed by atoms with Gasteiger partial charge in [-0.2, -0.15) is 4.39 Å². The van der Waals surface area contributed by atoms with Gasteiger partial charge in [-0.1, -0.05) is 5.16 Å². The fourth-order valence-electron chi connectivity index (χ4n) is 2.50. The van der Waals surface area contributed by atoms with Gasteiger partial charge in [-0.15, -0.1) is 0 Å². The van der Waals surface area contributed by atoms with Crippen LogP contribution in [-0.4, -0.2) is 16.0 Å². The molecule has 3 aromatic rings. The Hall–Kier alpha value is -3.75. The fourth-order valence-corrected chi connectivity index (χ4v) is 2.50. The highest BCUT2D eigenvalue weighted by molar-refractivity contribution is 6.04. The first-order valence-electron chi connectivity index (χ1n) is 8.25. The van der Waals surface area contributed by atoms with Crippen LogP contribution in [0.1, 0.15) is 27.4 Å². The number of carbonyl (C=O) groups is 1. The number of aromatic nitrogens is 1. The smallest absolute Gasteiger partial charge is 0.306 e. The van der Waals surface area contributed by atoms with Crippen LogP contribution in [-0.2, 0) is 6.61 Å². The van der Waals surface area contributed by atoms with Crippen molar-refractivity contribution < 1.29 is 23.4 Å². The minimum atomic E-state index is -0.970. The Morgan fingerprint density at radius 2 is 1.96 bits per heavy atom. The van der Waals surface area contributed by atoms with Gasteiger partial charge >= 0.3 is 5.69 Å². The van der Waals surface area contributed by atoms with E-state index in [-0.39, 0.29) is 12.3 Å². The molecule has 2 aromatic carbocycles. The summed E-state index contributed by atoms with van der Waals surface area (Å²) >= 11 is 0. The molecule has 3 rings (SSSR count). The average molecular weight is 385 g/mol. The van der Waals surface area contributed by atoms with Gasteiger partial charge in [0, 0.05) is 17.3 Å². The van der Waals surface area contributed by atoms with Crippen LogP contribution in [0.15, 0.2) is 47.0 Å². The van der Waals surface area contributed by atoms with Gasteiger partial charge in [0.05, 0.1) is 16.2 Å². The lowest BCUT2D eigenvalue weighted by Crippen LogP contribution is -2.12. The molecule has 8 nitrogen and oxygen atoms in total. The molecule has 0 saturated heterocycles. The summed E-state index contributed by atoms with van der Waals surface area (Å²) in [4.78, 5) is 22.2. The molecule has 0 unspecified atom stereocenters. The highest BCUT2D eigenvalue weighted by atomic mass is 19.1. The topological polar surface area (TPSA) is 108 Å². The molecule has 9 heteroatoms. The number of halogens is 1. The van der Waals surface area contributed by atoms with Crippen molar-refractivity contribution in [2.45, 2.75) is 20.5 Å². The quantitative estimate of drug-likeness (QED) is 0.504. The summed E-state index contributed by atoms with van der Waals surface area (Å²) in [6.45, 7) is 3.90. The number of nitrogens with zero attached hydrogens (tertiary/aromatic N) is 2. The molecule has 1 amide bonds. The molecule has 28 heavy (non-hydrogen) atoms. The number of hydrogen-bond donors (Lipinski definition) is 1. The third-order valence-corrected chi connectivity index (χ3v) is 4.08. The molecular formula is C19H16FN3O5. The van der Waals surface area contributed by atoms with Crippen LogP contribution in [0, 0.1) is 29.8 Å². The standard InChI is InChI=1S/C19H16FN3O5/c1-11-16(12(2)28-22-11)10-27-15-6-3-13(4-7-15)19(24)21-14-5-8-17(20)18(9-14)23(25)26/h3-9H,10H2,1-2H3,(H,21,24).